The standard InChI is InChI=1S/C24H23ClN2O5S/c1-16-3-8-20(9-4-16)33(29,30)27(19-7-5-17(2)21(25)14-19)15-24(28)26-18-6-10-22-23(13-18)32-12-11-31-22/h3-10,13-14H,11-12,15H2,1-2H3,(H,26,28). The Morgan fingerprint density at radius 3 is 2.36 bits per heavy atom. The van der Waals surface area contributed by atoms with Crippen molar-refractivity contribution in [3.63, 3.8) is 0 Å². The zero-order valence-electron chi connectivity index (χ0n) is 18.2. The summed E-state index contributed by atoms with van der Waals surface area (Å²) in [7, 11) is -4.03. The highest BCUT2D eigenvalue weighted by Crippen LogP contribution is 2.33. The first-order valence-corrected chi connectivity index (χ1v) is 12.1. The second kappa shape index (κ2) is 9.33. The molecule has 0 bridgehead atoms. The molecule has 1 heterocycles. The summed E-state index contributed by atoms with van der Waals surface area (Å²) >= 11 is 6.26. The van der Waals surface area contributed by atoms with Crippen LogP contribution in [0.15, 0.2) is 65.6 Å². The molecule has 1 aliphatic rings. The number of fused-ring (bicyclic) bond motifs is 1. The third kappa shape index (κ3) is 5.07. The summed E-state index contributed by atoms with van der Waals surface area (Å²) in [4.78, 5) is 13.0. The fourth-order valence-electron chi connectivity index (χ4n) is 3.34. The van der Waals surface area contributed by atoms with E-state index in [4.69, 9.17) is 21.1 Å². The number of hydrogen-bond acceptors (Lipinski definition) is 5. The number of amides is 1. The molecule has 1 N–H and O–H groups in total. The predicted molar refractivity (Wildman–Crippen MR) is 128 cm³/mol. The van der Waals surface area contributed by atoms with Gasteiger partial charge in [0.2, 0.25) is 5.91 Å². The molecule has 0 spiro atoms. The first kappa shape index (κ1) is 22.9. The van der Waals surface area contributed by atoms with Crippen LogP contribution in [0.1, 0.15) is 11.1 Å². The molecule has 0 atom stereocenters. The zero-order chi connectivity index (χ0) is 23.6. The summed E-state index contributed by atoms with van der Waals surface area (Å²) in [6.07, 6.45) is 0. The number of rotatable bonds is 6. The largest absolute Gasteiger partial charge is 0.486 e. The van der Waals surface area contributed by atoms with Crippen LogP contribution in [0, 0.1) is 13.8 Å². The van der Waals surface area contributed by atoms with E-state index in [0.717, 1.165) is 15.4 Å². The van der Waals surface area contributed by atoms with Gasteiger partial charge in [-0.1, -0.05) is 35.4 Å². The fraction of sp³-hybridized carbons (Fsp3) is 0.208. The van der Waals surface area contributed by atoms with Gasteiger partial charge in [-0.2, -0.15) is 0 Å². The van der Waals surface area contributed by atoms with E-state index in [9.17, 15) is 13.2 Å². The molecule has 172 valence electrons. The van der Waals surface area contributed by atoms with Crippen LogP contribution < -0.4 is 19.1 Å². The molecule has 4 rings (SSSR count). The highest BCUT2D eigenvalue weighted by atomic mass is 35.5. The van der Waals surface area contributed by atoms with Crippen LogP contribution in [0.4, 0.5) is 11.4 Å². The molecular weight excluding hydrogens is 464 g/mol. The zero-order valence-corrected chi connectivity index (χ0v) is 19.7. The molecule has 1 amide bonds. The molecule has 33 heavy (non-hydrogen) atoms. The molecule has 0 unspecified atom stereocenters. The van der Waals surface area contributed by atoms with E-state index in [0.29, 0.717) is 41.1 Å². The topological polar surface area (TPSA) is 84.9 Å². The van der Waals surface area contributed by atoms with Gasteiger partial charge in [-0.25, -0.2) is 8.42 Å². The summed E-state index contributed by atoms with van der Waals surface area (Å²) in [6, 6.07) is 16.4. The number of benzene rings is 3. The first-order valence-electron chi connectivity index (χ1n) is 10.3. The van der Waals surface area contributed by atoms with Crippen molar-refractivity contribution < 1.29 is 22.7 Å². The van der Waals surface area contributed by atoms with Crippen LogP contribution in [0.3, 0.4) is 0 Å². The smallest absolute Gasteiger partial charge is 0.264 e. The number of halogens is 1. The average molecular weight is 487 g/mol. The Hall–Kier alpha value is -3.23. The Morgan fingerprint density at radius 1 is 0.970 bits per heavy atom. The maximum absolute atomic E-state index is 13.5. The highest BCUT2D eigenvalue weighted by Gasteiger charge is 2.28. The second-order valence-corrected chi connectivity index (χ2v) is 9.93. The van der Waals surface area contributed by atoms with Gasteiger partial charge in [-0.3, -0.25) is 9.10 Å². The lowest BCUT2D eigenvalue weighted by Crippen LogP contribution is -2.38. The minimum Gasteiger partial charge on any atom is -0.486 e. The van der Waals surface area contributed by atoms with E-state index >= 15 is 0 Å². The lowest BCUT2D eigenvalue weighted by Gasteiger charge is -2.25. The minimum absolute atomic E-state index is 0.0805. The Kier molecular flexibility index (Phi) is 6.49. The molecule has 7 nitrogen and oxygen atoms in total. The summed E-state index contributed by atoms with van der Waals surface area (Å²) in [5, 5.41) is 3.14. The van der Waals surface area contributed by atoms with E-state index in [1.54, 1.807) is 48.5 Å². The third-order valence-corrected chi connectivity index (χ3v) is 7.36. The van der Waals surface area contributed by atoms with Crippen LogP contribution >= 0.6 is 11.6 Å². The number of aryl methyl sites for hydroxylation is 2. The van der Waals surface area contributed by atoms with Gasteiger partial charge >= 0.3 is 0 Å². The highest BCUT2D eigenvalue weighted by molar-refractivity contribution is 7.92. The number of carbonyl (C=O) groups excluding carboxylic acids is 1. The van der Waals surface area contributed by atoms with Gasteiger partial charge in [0, 0.05) is 16.8 Å². The lowest BCUT2D eigenvalue weighted by molar-refractivity contribution is -0.114. The van der Waals surface area contributed by atoms with Crippen molar-refractivity contribution in [2.24, 2.45) is 0 Å². The number of nitrogens with one attached hydrogen (secondary N) is 1. The summed E-state index contributed by atoms with van der Waals surface area (Å²) in [6.45, 7) is 4.13. The first-order chi connectivity index (χ1) is 15.7. The number of hydrogen-bond donors (Lipinski definition) is 1. The minimum atomic E-state index is -4.03. The normalized spacial score (nSPS) is 12.8. The van der Waals surface area contributed by atoms with Crippen LogP contribution in [0.2, 0.25) is 5.02 Å². The van der Waals surface area contributed by atoms with E-state index in [-0.39, 0.29) is 4.90 Å². The predicted octanol–water partition coefficient (Wildman–Crippen LogP) is 4.56. The van der Waals surface area contributed by atoms with Crippen molar-refractivity contribution in [2.75, 3.05) is 29.4 Å². The maximum Gasteiger partial charge on any atom is 0.264 e. The van der Waals surface area contributed by atoms with E-state index in [2.05, 4.69) is 5.32 Å². The van der Waals surface area contributed by atoms with Crippen LogP contribution in [-0.4, -0.2) is 34.1 Å². The molecule has 0 saturated heterocycles. The molecular formula is C24H23ClN2O5S. The van der Waals surface area contributed by atoms with Gasteiger partial charge in [0.05, 0.1) is 10.6 Å². The average Bonchev–Trinajstić information content (AvgIpc) is 2.79. The molecule has 3 aromatic rings. The molecule has 0 fully saturated rings. The fourth-order valence-corrected chi connectivity index (χ4v) is 4.93. The number of ether oxygens (including phenoxy) is 2. The van der Waals surface area contributed by atoms with Crippen molar-refractivity contribution >= 4 is 38.9 Å². The van der Waals surface area contributed by atoms with Crippen molar-refractivity contribution in [3.8, 4) is 11.5 Å². The Balaban J connectivity index is 1.64. The van der Waals surface area contributed by atoms with E-state index in [1.165, 1.54) is 12.1 Å². The van der Waals surface area contributed by atoms with Gasteiger partial charge in [-0.05, 0) is 55.8 Å². The molecule has 0 saturated carbocycles. The Morgan fingerprint density at radius 2 is 1.67 bits per heavy atom. The number of sulfonamides is 1. The van der Waals surface area contributed by atoms with Gasteiger partial charge in [-0.15, -0.1) is 0 Å². The number of anilines is 2. The van der Waals surface area contributed by atoms with Crippen molar-refractivity contribution in [1.82, 2.24) is 0 Å². The summed E-state index contributed by atoms with van der Waals surface area (Å²) < 4.78 is 39.1. The van der Waals surface area contributed by atoms with Crippen LogP contribution in [0.5, 0.6) is 11.5 Å². The summed E-state index contributed by atoms with van der Waals surface area (Å²) in [5.74, 6) is 0.602. The molecule has 3 aromatic carbocycles. The van der Waals surface area contributed by atoms with E-state index in [1.807, 2.05) is 13.8 Å². The van der Waals surface area contributed by atoms with Gasteiger partial charge < -0.3 is 14.8 Å². The Bertz CT molecular complexity index is 1290. The lowest BCUT2D eigenvalue weighted by atomic mass is 10.2. The Labute approximate surface area is 197 Å². The molecule has 0 radical (unpaired) electrons. The summed E-state index contributed by atoms with van der Waals surface area (Å²) in [5.41, 5.74) is 2.49. The third-order valence-electron chi connectivity index (χ3n) is 5.17. The van der Waals surface area contributed by atoms with Crippen LogP contribution in [-0.2, 0) is 14.8 Å². The van der Waals surface area contributed by atoms with Gasteiger partial charge in [0.15, 0.2) is 11.5 Å². The second-order valence-electron chi connectivity index (χ2n) is 7.66. The van der Waals surface area contributed by atoms with Crippen molar-refractivity contribution in [3.05, 3.63) is 76.8 Å². The van der Waals surface area contributed by atoms with Gasteiger partial charge in [0.1, 0.15) is 19.8 Å². The maximum atomic E-state index is 13.5. The van der Waals surface area contributed by atoms with Crippen molar-refractivity contribution in [2.45, 2.75) is 18.7 Å². The quantitative estimate of drug-likeness (QED) is 0.552. The monoisotopic (exact) mass is 486 g/mol. The van der Waals surface area contributed by atoms with E-state index < -0.39 is 22.5 Å². The molecule has 9 heteroatoms. The number of carbonyl (C=O) groups is 1. The molecule has 0 aromatic heterocycles. The molecule has 1 aliphatic heterocycles. The SMILES string of the molecule is Cc1ccc(S(=O)(=O)N(CC(=O)Nc2ccc3c(c2)OCCO3)c2ccc(C)c(Cl)c2)cc1. The van der Waals surface area contributed by atoms with Gasteiger partial charge in [0.25, 0.3) is 10.0 Å². The number of nitrogens with zero attached hydrogens (tertiary/aromatic N) is 1. The van der Waals surface area contributed by atoms with Crippen LogP contribution in [0.25, 0.3) is 0 Å². The molecule has 0 aliphatic carbocycles. The van der Waals surface area contributed by atoms with Crippen molar-refractivity contribution in [1.29, 1.82) is 0 Å².